The van der Waals surface area contributed by atoms with Crippen LogP contribution in [0.15, 0.2) is 24.3 Å². The highest BCUT2D eigenvalue weighted by molar-refractivity contribution is 5.75. The number of nitrogens with one attached hydrogen (secondary N) is 1. The molecule has 0 aliphatic heterocycles. The Hall–Kier alpha value is -1.31. The summed E-state index contributed by atoms with van der Waals surface area (Å²) in [6.45, 7) is 2.97. The zero-order chi connectivity index (χ0) is 14.2. The van der Waals surface area contributed by atoms with E-state index in [1.165, 1.54) is 43.2 Å². The predicted molar refractivity (Wildman–Crippen MR) is 83.7 cm³/mol. The van der Waals surface area contributed by atoms with Crippen LogP contribution in [0.2, 0.25) is 0 Å². The summed E-state index contributed by atoms with van der Waals surface area (Å²) in [4.78, 5) is 11.8. The van der Waals surface area contributed by atoms with Crippen LogP contribution < -0.4 is 5.32 Å². The lowest BCUT2D eigenvalue weighted by molar-refractivity contribution is -0.121. The highest BCUT2D eigenvalue weighted by Crippen LogP contribution is 2.26. The first-order chi connectivity index (χ1) is 9.74. The second kappa shape index (κ2) is 8.08. The first kappa shape index (κ1) is 15.1. The number of hydrogen-bond acceptors (Lipinski definition) is 1. The zero-order valence-electron chi connectivity index (χ0n) is 12.7. The molecule has 2 heteroatoms. The molecule has 2 nitrogen and oxygen atoms in total. The van der Waals surface area contributed by atoms with E-state index < -0.39 is 0 Å². The monoisotopic (exact) mass is 273 g/mol. The van der Waals surface area contributed by atoms with E-state index in [-0.39, 0.29) is 5.91 Å². The number of amides is 1. The Bertz CT molecular complexity index is 404. The van der Waals surface area contributed by atoms with Gasteiger partial charge in [-0.2, -0.15) is 0 Å². The molecular weight excluding hydrogens is 246 g/mol. The third kappa shape index (κ3) is 5.36. The van der Waals surface area contributed by atoms with Gasteiger partial charge in [0.2, 0.25) is 5.91 Å². The third-order valence-corrected chi connectivity index (χ3v) is 4.34. The summed E-state index contributed by atoms with van der Waals surface area (Å²) in [5, 5.41) is 3.07. The van der Waals surface area contributed by atoms with Crippen LogP contribution in [-0.2, 0) is 11.2 Å². The normalized spacial score (nSPS) is 15.4. The van der Waals surface area contributed by atoms with Crippen LogP contribution in [0.3, 0.4) is 0 Å². The van der Waals surface area contributed by atoms with Gasteiger partial charge in [0, 0.05) is 13.0 Å². The average Bonchev–Trinajstić information content (AvgIpc) is 2.94. The van der Waals surface area contributed by atoms with Crippen molar-refractivity contribution in [3.05, 3.63) is 35.4 Å². The topological polar surface area (TPSA) is 29.1 Å². The largest absolute Gasteiger partial charge is 0.356 e. The van der Waals surface area contributed by atoms with E-state index in [1.807, 2.05) is 0 Å². The lowest BCUT2D eigenvalue weighted by Crippen LogP contribution is -2.25. The molecule has 110 valence electrons. The van der Waals surface area contributed by atoms with E-state index in [2.05, 4.69) is 36.5 Å². The SMILES string of the molecule is Cc1ccc(CCCC(=O)NCCC2CCCC2)cc1. The minimum absolute atomic E-state index is 0.218. The van der Waals surface area contributed by atoms with Crippen LogP contribution in [0, 0.1) is 12.8 Å². The van der Waals surface area contributed by atoms with E-state index >= 15 is 0 Å². The van der Waals surface area contributed by atoms with Gasteiger partial charge < -0.3 is 5.32 Å². The number of aryl methyl sites for hydroxylation is 2. The Labute approximate surface area is 123 Å². The molecule has 0 saturated heterocycles. The lowest BCUT2D eigenvalue weighted by Gasteiger charge is -2.09. The van der Waals surface area contributed by atoms with Crippen molar-refractivity contribution in [3.8, 4) is 0 Å². The Morgan fingerprint density at radius 1 is 1.20 bits per heavy atom. The predicted octanol–water partition coefficient (Wildman–Crippen LogP) is 4.01. The van der Waals surface area contributed by atoms with E-state index in [1.54, 1.807) is 0 Å². The van der Waals surface area contributed by atoms with E-state index in [0.717, 1.165) is 25.3 Å². The molecule has 1 N–H and O–H groups in total. The summed E-state index contributed by atoms with van der Waals surface area (Å²) in [6, 6.07) is 8.59. The molecule has 0 radical (unpaired) electrons. The minimum Gasteiger partial charge on any atom is -0.356 e. The minimum atomic E-state index is 0.218. The zero-order valence-corrected chi connectivity index (χ0v) is 12.7. The number of carbonyl (C=O) groups excluding carboxylic acids is 1. The molecule has 0 atom stereocenters. The summed E-state index contributed by atoms with van der Waals surface area (Å²) in [5.41, 5.74) is 2.62. The number of hydrogen-bond donors (Lipinski definition) is 1. The van der Waals surface area contributed by atoms with Crippen LogP contribution >= 0.6 is 0 Å². The van der Waals surface area contributed by atoms with E-state index in [9.17, 15) is 4.79 Å². The molecule has 1 fully saturated rings. The fraction of sp³-hybridized carbons (Fsp3) is 0.611. The van der Waals surface area contributed by atoms with E-state index in [0.29, 0.717) is 6.42 Å². The Kier molecular flexibility index (Phi) is 6.10. The first-order valence-corrected chi connectivity index (χ1v) is 8.06. The molecule has 2 rings (SSSR count). The van der Waals surface area contributed by atoms with Crippen molar-refractivity contribution in [2.45, 2.75) is 58.3 Å². The smallest absolute Gasteiger partial charge is 0.220 e. The maximum absolute atomic E-state index is 11.8. The van der Waals surface area contributed by atoms with Gasteiger partial charge in [-0.3, -0.25) is 4.79 Å². The molecule has 20 heavy (non-hydrogen) atoms. The third-order valence-electron chi connectivity index (χ3n) is 4.34. The quantitative estimate of drug-likeness (QED) is 0.799. The molecule has 1 aromatic rings. The van der Waals surface area contributed by atoms with Crippen molar-refractivity contribution < 1.29 is 4.79 Å². The van der Waals surface area contributed by atoms with Gasteiger partial charge in [-0.15, -0.1) is 0 Å². The Morgan fingerprint density at radius 2 is 1.90 bits per heavy atom. The molecule has 1 aromatic carbocycles. The number of rotatable bonds is 7. The van der Waals surface area contributed by atoms with Gasteiger partial charge in [0.15, 0.2) is 0 Å². The molecule has 0 aromatic heterocycles. The second-order valence-electron chi connectivity index (χ2n) is 6.13. The van der Waals surface area contributed by atoms with Crippen LogP contribution in [0.25, 0.3) is 0 Å². The van der Waals surface area contributed by atoms with Crippen molar-refractivity contribution in [1.82, 2.24) is 5.32 Å². The van der Waals surface area contributed by atoms with E-state index in [4.69, 9.17) is 0 Å². The summed E-state index contributed by atoms with van der Waals surface area (Å²) in [6.07, 6.45) is 9.26. The van der Waals surface area contributed by atoms with Crippen molar-refractivity contribution in [2.75, 3.05) is 6.54 Å². The summed E-state index contributed by atoms with van der Waals surface area (Å²) in [5.74, 6) is 1.08. The van der Waals surface area contributed by atoms with Gasteiger partial charge in [-0.1, -0.05) is 55.5 Å². The molecule has 0 unspecified atom stereocenters. The highest BCUT2D eigenvalue weighted by atomic mass is 16.1. The van der Waals surface area contributed by atoms with Crippen LogP contribution in [-0.4, -0.2) is 12.5 Å². The Balaban J connectivity index is 1.54. The van der Waals surface area contributed by atoms with Gasteiger partial charge in [-0.05, 0) is 37.7 Å². The fourth-order valence-electron chi connectivity index (χ4n) is 3.01. The van der Waals surface area contributed by atoms with Crippen molar-refractivity contribution >= 4 is 5.91 Å². The van der Waals surface area contributed by atoms with Gasteiger partial charge in [-0.25, -0.2) is 0 Å². The molecule has 1 aliphatic rings. The van der Waals surface area contributed by atoms with Gasteiger partial charge in [0.05, 0.1) is 0 Å². The van der Waals surface area contributed by atoms with Crippen LogP contribution in [0.4, 0.5) is 0 Å². The van der Waals surface area contributed by atoms with Gasteiger partial charge in [0.25, 0.3) is 0 Å². The average molecular weight is 273 g/mol. The molecule has 0 spiro atoms. The summed E-state index contributed by atoms with van der Waals surface area (Å²) in [7, 11) is 0. The first-order valence-electron chi connectivity index (χ1n) is 8.06. The Morgan fingerprint density at radius 3 is 2.60 bits per heavy atom. The molecule has 1 saturated carbocycles. The second-order valence-corrected chi connectivity index (χ2v) is 6.13. The standard InChI is InChI=1S/C18H27NO/c1-15-9-11-17(12-10-15)7-4-8-18(20)19-14-13-16-5-2-3-6-16/h9-12,16H,2-8,13-14H2,1H3,(H,19,20). The highest BCUT2D eigenvalue weighted by Gasteiger charge is 2.14. The molecule has 0 bridgehead atoms. The van der Waals surface area contributed by atoms with Crippen molar-refractivity contribution in [2.24, 2.45) is 5.92 Å². The number of carbonyl (C=O) groups is 1. The van der Waals surface area contributed by atoms with Crippen molar-refractivity contribution in [1.29, 1.82) is 0 Å². The fourth-order valence-corrected chi connectivity index (χ4v) is 3.01. The van der Waals surface area contributed by atoms with Crippen LogP contribution in [0.1, 0.15) is 56.1 Å². The molecule has 1 aliphatic carbocycles. The van der Waals surface area contributed by atoms with Gasteiger partial charge >= 0.3 is 0 Å². The molecule has 0 heterocycles. The molecule has 1 amide bonds. The van der Waals surface area contributed by atoms with Crippen molar-refractivity contribution in [3.63, 3.8) is 0 Å². The summed E-state index contributed by atoms with van der Waals surface area (Å²) >= 11 is 0. The lowest BCUT2D eigenvalue weighted by atomic mass is 10.0. The molecular formula is C18H27NO. The number of benzene rings is 1. The maximum Gasteiger partial charge on any atom is 0.220 e. The summed E-state index contributed by atoms with van der Waals surface area (Å²) < 4.78 is 0. The maximum atomic E-state index is 11.8. The van der Waals surface area contributed by atoms with Gasteiger partial charge in [0.1, 0.15) is 0 Å². The van der Waals surface area contributed by atoms with Crippen LogP contribution in [0.5, 0.6) is 0 Å².